The lowest BCUT2D eigenvalue weighted by Gasteiger charge is -2.33. The molecule has 0 saturated carbocycles. The normalized spacial score (nSPS) is 12.5. The molecule has 42 heavy (non-hydrogen) atoms. The number of aryl methyl sites for hydroxylation is 1. The second-order valence-electron chi connectivity index (χ2n) is 9.65. The third kappa shape index (κ3) is 7.83. The summed E-state index contributed by atoms with van der Waals surface area (Å²) in [6.45, 7) is 4.94. The van der Waals surface area contributed by atoms with Crippen molar-refractivity contribution in [1.82, 2.24) is 10.2 Å². The smallest absolute Gasteiger partial charge is 0.354 e. The van der Waals surface area contributed by atoms with Crippen LogP contribution in [-0.4, -0.2) is 44.3 Å². The zero-order valence-corrected chi connectivity index (χ0v) is 25.1. The highest BCUT2D eigenvalue weighted by Crippen LogP contribution is 2.38. The molecule has 226 valence electrons. The maximum atomic E-state index is 14.0. The van der Waals surface area contributed by atoms with Gasteiger partial charge in [0, 0.05) is 13.1 Å². The lowest BCUT2D eigenvalue weighted by Crippen LogP contribution is -2.52. The van der Waals surface area contributed by atoms with Crippen LogP contribution in [0.4, 0.5) is 18.9 Å². The number of sulfonamides is 1. The molecule has 0 aliphatic carbocycles. The Labute approximate surface area is 249 Å². The summed E-state index contributed by atoms with van der Waals surface area (Å²) < 4.78 is 69.5. The fourth-order valence-corrected chi connectivity index (χ4v) is 6.04. The van der Waals surface area contributed by atoms with Crippen LogP contribution in [0.25, 0.3) is 0 Å². The predicted octanol–water partition coefficient (Wildman–Crippen LogP) is 6.20. The van der Waals surface area contributed by atoms with Gasteiger partial charge in [-0.15, -0.1) is 0 Å². The van der Waals surface area contributed by atoms with Gasteiger partial charge >= 0.3 is 6.18 Å². The van der Waals surface area contributed by atoms with E-state index in [4.69, 9.17) is 11.6 Å². The quantitative estimate of drug-likeness (QED) is 0.260. The number of amides is 2. The molecule has 1 atom stereocenters. The minimum absolute atomic E-state index is 0.0167. The summed E-state index contributed by atoms with van der Waals surface area (Å²) in [5, 5.41) is 2.17. The van der Waals surface area contributed by atoms with E-state index < -0.39 is 56.9 Å². The number of nitrogens with one attached hydrogen (secondary N) is 1. The van der Waals surface area contributed by atoms with Crippen LogP contribution in [-0.2, 0) is 32.3 Å². The molecule has 0 aliphatic heterocycles. The number of anilines is 1. The van der Waals surface area contributed by atoms with Gasteiger partial charge in [0.2, 0.25) is 11.8 Å². The van der Waals surface area contributed by atoms with E-state index in [1.807, 2.05) is 26.0 Å². The number of benzene rings is 3. The largest absolute Gasteiger partial charge is 0.417 e. The second kappa shape index (κ2) is 14.1. The van der Waals surface area contributed by atoms with Crippen LogP contribution in [0.1, 0.15) is 43.4 Å². The molecule has 3 aromatic rings. The van der Waals surface area contributed by atoms with Crippen molar-refractivity contribution < 1.29 is 31.2 Å². The number of halogens is 4. The third-order valence-corrected chi connectivity index (χ3v) is 8.81. The molecular formula is C30H33ClF3N3O4S. The molecule has 7 nitrogen and oxygen atoms in total. The van der Waals surface area contributed by atoms with Crippen LogP contribution in [0.3, 0.4) is 0 Å². The average molecular weight is 624 g/mol. The maximum Gasteiger partial charge on any atom is 0.417 e. The summed E-state index contributed by atoms with van der Waals surface area (Å²) in [4.78, 5) is 28.2. The Bertz CT molecular complexity index is 1500. The lowest BCUT2D eigenvalue weighted by atomic mass is 10.1. The van der Waals surface area contributed by atoms with Crippen molar-refractivity contribution in [3.63, 3.8) is 0 Å². The Balaban J connectivity index is 2.14. The van der Waals surface area contributed by atoms with Gasteiger partial charge in [-0.05, 0) is 61.2 Å². The number of carbonyl (C=O) groups excluding carboxylic acids is 2. The Kier molecular flexibility index (Phi) is 11.0. The van der Waals surface area contributed by atoms with Gasteiger partial charge in [-0.1, -0.05) is 67.9 Å². The van der Waals surface area contributed by atoms with Gasteiger partial charge < -0.3 is 10.2 Å². The van der Waals surface area contributed by atoms with Crippen molar-refractivity contribution in [2.24, 2.45) is 0 Å². The summed E-state index contributed by atoms with van der Waals surface area (Å²) >= 11 is 5.81. The zero-order chi connectivity index (χ0) is 31.1. The third-order valence-electron chi connectivity index (χ3n) is 6.69. The van der Waals surface area contributed by atoms with E-state index in [1.165, 1.54) is 29.2 Å². The van der Waals surface area contributed by atoms with Crippen LogP contribution in [0, 0.1) is 6.92 Å². The summed E-state index contributed by atoms with van der Waals surface area (Å²) in [7, 11) is -4.53. The number of alkyl halides is 3. The first-order valence-electron chi connectivity index (χ1n) is 13.4. The SMILES string of the molecule is CCCNC(=O)C(CC)N(Cc1ccccc1C)C(=O)CN(c1ccc(Cl)c(C(F)(F)F)c1)S(=O)(=O)c1ccccc1. The van der Waals surface area contributed by atoms with Crippen LogP contribution in [0.2, 0.25) is 5.02 Å². The minimum atomic E-state index is -4.87. The number of rotatable bonds is 12. The first kappa shape index (κ1) is 32.9. The molecule has 0 spiro atoms. The molecule has 3 aromatic carbocycles. The molecule has 0 aromatic heterocycles. The molecule has 2 amide bonds. The molecule has 3 rings (SSSR count). The fourth-order valence-electron chi connectivity index (χ4n) is 4.39. The van der Waals surface area contributed by atoms with Crippen LogP contribution in [0.15, 0.2) is 77.7 Å². The number of hydrogen-bond acceptors (Lipinski definition) is 4. The van der Waals surface area contributed by atoms with Gasteiger partial charge in [-0.25, -0.2) is 8.42 Å². The molecule has 0 heterocycles. The minimum Gasteiger partial charge on any atom is -0.354 e. The topological polar surface area (TPSA) is 86.8 Å². The van der Waals surface area contributed by atoms with E-state index >= 15 is 0 Å². The standard InChI is InChI=1S/C30H33ClF3N3O4S/c1-4-17-35-29(39)27(5-2)36(19-22-12-10-9-11-21(22)3)28(38)20-37(42(40,41)24-13-7-6-8-14-24)23-15-16-26(31)25(18-23)30(32,33)34/h6-16,18,27H,4-5,17,19-20H2,1-3H3,(H,35,39). The van der Waals surface area contributed by atoms with Crippen molar-refractivity contribution in [1.29, 1.82) is 0 Å². The molecule has 0 radical (unpaired) electrons. The molecule has 0 aliphatic rings. The van der Waals surface area contributed by atoms with E-state index in [-0.39, 0.29) is 17.9 Å². The van der Waals surface area contributed by atoms with Crippen molar-refractivity contribution in [2.75, 3.05) is 17.4 Å². The Morgan fingerprint density at radius 1 is 0.976 bits per heavy atom. The Morgan fingerprint density at radius 2 is 1.62 bits per heavy atom. The molecule has 12 heteroatoms. The van der Waals surface area contributed by atoms with Crippen LogP contribution >= 0.6 is 11.6 Å². The highest BCUT2D eigenvalue weighted by atomic mass is 35.5. The highest BCUT2D eigenvalue weighted by Gasteiger charge is 2.37. The van der Waals surface area contributed by atoms with E-state index in [1.54, 1.807) is 25.1 Å². The second-order valence-corrected chi connectivity index (χ2v) is 11.9. The van der Waals surface area contributed by atoms with E-state index in [0.717, 1.165) is 23.3 Å². The molecular weight excluding hydrogens is 591 g/mol. The fraction of sp³-hybridized carbons (Fsp3) is 0.333. The van der Waals surface area contributed by atoms with Gasteiger partial charge in [-0.3, -0.25) is 13.9 Å². The van der Waals surface area contributed by atoms with E-state index in [2.05, 4.69) is 5.32 Å². The molecule has 0 fully saturated rings. The van der Waals surface area contributed by atoms with Crippen molar-refractivity contribution >= 4 is 39.1 Å². The van der Waals surface area contributed by atoms with Crippen molar-refractivity contribution in [2.45, 2.75) is 57.3 Å². The lowest BCUT2D eigenvalue weighted by molar-refractivity contribution is -0.140. The van der Waals surface area contributed by atoms with Gasteiger partial charge in [0.1, 0.15) is 12.6 Å². The first-order valence-corrected chi connectivity index (χ1v) is 15.2. The molecule has 0 bridgehead atoms. The Morgan fingerprint density at radius 3 is 2.21 bits per heavy atom. The Hall–Kier alpha value is -3.57. The first-order chi connectivity index (χ1) is 19.8. The summed E-state index contributed by atoms with van der Waals surface area (Å²) in [5.74, 6) is -1.18. The van der Waals surface area contributed by atoms with Crippen LogP contribution in [0.5, 0.6) is 0 Å². The van der Waals surface area contributed by atoms with Gasteiger partial charge in [0.05, 0.1) is 21.2 Å². The van der Waals surface area contributed by atoms with Gasteiger partial charge in [0.15, 0.2) is 0 Å². The van der Waals surface area contributed by atoms with Crippen LogP contribution < -0.4 is 9.62 Å². The molecule has 1 unspecified atom stereocenters. The van der Waals surface area contributed by atoms with E-state index in [9.17, 15) is 31.2 Å². The molecule has 1 N–H and O–H groups in total. The average Bonchev–Trinajstić information content (AvgIpc) is 2.95. The van der Waals surface area contributed by atoms with Gasteiger partial charge in [0.25, 0.3) is 10.0 Å². The van der Waals surface area contributed by atoms with Gasteiger partial charge in [-0.2, -0.15) is 13.2 Å². The summed E-state index contributed by atoms with van der Waals surface area (Å²) in [5.41, 5.74) is -0.0657. The number of nitrogens with zero attached hydrogens (tertiary/aromatic N) is 2. The summed E-state index contributed by atoms with van der Waals surface area (Å²) in [6.07, 6.45) is -3.99. The predicted molar refractivity (Wildman–Crippen MR) is 157 cm³/mol. The highest BCUT2D eigenvalue weighted by molar-refractivity contribution is 7.92. The summed E-state index contributed by atoms with van der Waals surface area (Å²) in [6, 6.07) is 16.0. The maximum absolute atomic E-state index is 14.0. The number of carbonyl (C=O) groups is 2. The van der Waals surface area contributed by atoms with Crippen molar-refractivity contribution in [3.05, 3.63) is 94.5 Å². The zero-order valence-electron chi connectivity index (χ0n) is 23.5. The number of hydrogen-bond donors (Lipinski definition) is 1. The van der Waals surface area contributed by atoms with Crippen molar-refractivity contribution in [3.8, 4) is 0 Å². The van der Waals surface area contributed by atoms with E-state index in [0.29, 0.717) is 23.3 Å². The molecule has 0 saturated heterocycles. The monoisotopic (exact) mass is 623 g/mol.